The average molecular weight is 594 g/mol. The van der Waals surface area contributed by atoms with Gasteiger partial charge in [0.2, 0.25) is 17.7 Å². The summed E-state index contributed by atoms with van der Waals surface area (Å²) in [6, 6.07) is 12.4. The summed E-state index contributed by atoms with van der Waals surface area (Å²) < 4.78 is 17.6. The van der Waals surface area contributed by atoms with E-state index in [1.807, 2.05) is 34.6 Å². The lowest BCUT2D eigenvalue weighted by molar-refractivity contribution is -0.149. The molecule has 8 atom stereocenters. The molecule has 3 N–H and O–H groups in total. The number of likely N-dealkylation sites (tertiary alicyclic amines) is 1. The van der Waals surface area contributed by atoms with Crippen molar-refractivity contribution in [3.8, 4) is 11.5 Å². The zero-order valence-corrected chi connectivity index (χ0v) is 25.8. The number of aliphatic hydroxyl groups excluding tert-OH is 1. The third-order valence-electron chi connectivity index (χ3n) is 9.92. The number of methoxy groups -OCH3 is 1. The summed E-state index contributed by atoms with van der Waals surface area (Å²) in [4.78, 5) is 44.3. The zero-order valence-electron chi connectivity index (χ0n) is 25.8. The summed E-state index contributed by atoms with van der Waals surface area (Å²) in [5.74, 6) is -1.68. The largest absolute Gasteiger partial charge is 0.497 e. The molecule has 10 heteroatoms. The number of aliphatic hydroxyl groups is 1. The van der Waals surface area contributed by atoms with Gasteiger partial charge in [-0.3, -0.25) is 14.4 Å². The minimum atomic E-state index is -1.23. The second-order valence-corrected chi connectivity index (χ2v) is 12.2. The Hall–Kier alpha value is -3.63. The van der Waals surface area contributed by atoms with Crippen LogP contribution >= 0.6 is 0 Å². The van der Waals surface area contributed by atoms with Crippen molar-refractivity contribution >= 4 is 29.1 Å². The Balaban J connectivity index is 1.53. The highest BCUT2D eigenvalue weighted by molar-refractivity contribution is 6.05. The first kappa shape index (κ1) is 30.8. The summed E-state index contributed by atoms with van der Waals surface area (Å²) >= 11 is 0. The number of carbonyl (C=O) groups is 3. The number of rotatable bonds is 11. The van der Waals surface area contributed by atoms with Gasteiger partial charge in [0.25, 0.3) is 0 Å². The monoisotopic (exact) mass is 593 g/mol. The molecule has 1 spiro atoms. The molecule has 3 amide bonds. The molecule has 3 unspecified atom stereocenters. The number of fused-ring (bicyclic) bond motifs is 1. The Bertz CT molecular complexity index is 1350. The molecule has 232 valence electrons. The van der Waals surface area contributed by atoms with Crippen molar-refractivity contribution in [2.24, 2.45) is 23.7 Å². The third kappa shape index (κ3) is 5.04. The Morgan fingerprint density at radius 1 is 1.05 bits per heavy atom. The number of anilines is 2. The molecule has 0 saturated carbocycles. The van der Waals surface area contributed by atoms with Crippen molar-refractivity contribution in [2.45, 2.75) is 70.7 Å². The van der Waals surface area contributed by atoms with E-state index in [2.05, 4.69) is 10.6 Å². The van der Waals surface area contributed by atoms with Crippen LogP contribution in [-0.4, -0.2) is 71.3 Å². The summed E-state index contributed by atoms with van der Waals surface area (Å²) in [5.41, 5.74) is -1.08. The van der Waals surface area contributed by atoms with Gasteiger partial charge in [0.1, 0.15) is 23.1 Å². The highest BCUT2D eigenvalue weighted by Gasteiger charge is 2.80. The third-order valence-corrected chi connectivity index (χ3v) is 9.92. The lowest BCUT2D eigenvalue weighted by Gasteiger charge is -2.39. The molecule has 2 bridgehead atoms. The van der Waals surface area contributed by atoms with Gasteiger partial charge in [-0.2, -0.15) is 0 Å². The van der Waals surface area contributed by atoms with Crippen molar-refractivity contribution in [2.75, 3.05) is 31.0 Å². The minimum Gasteiger partial charge on any atom is -0.497 e. The fourth-order valence-electron chi connectivity index (χ4n) is 7.45. The van der Waals surface area contributed by atoms with Crippen LogP contribution in [-0.2, 0) is 19.1 Å². The van der Waals surface area contributed by atoms with Crippen molar-refractivity contribution in [3.05, 3.63) is 48.5 Å². The number of hydrogen-bond acceptors (Lipinski definition) is 7. The van der Waals surface area contributed by atoms with Gasteiger partial charge in [-0.1, -0.05) is 27.2 Å². The number of ether oxygens (including phenoxy) is 3. The first-order chi connectivity index (χ1) is 20.5. The molecule has 0 radical (unpaired) electrons. The van der Waals surface area contributed by atoms with Crippen molar-refractivity contribution in [3.63, 3.8) is 0 Å². The summed E-state index contributed by atoms with van der Waals surface area (Å²) in [5, 5.41) is 16.5. The lowest BCUT2D eigenvalue weighted by atomic mass is 9.62. The maximum Gasteiger partial charge on any atom is 0.250 e. The average Bonchev–Trinajstić information content (AvgIpc) is 3.51. The second kappa shape index (κ2) is 11.8. The molecule has 3 aliphatic heterocycles. The fourth-order valence-corrected chi connectivity index (χ4v) is 7.45. The standard InChI is InChI=1S/C33H43N3O7/c1-7-19(3)25(18-37)36-28(30(39)35-22-9-13-23(41-6)14-10-22)33-17-20(4)32(5,43-33)26(27(33)31(36)40)29(38)34-21-11-15-24(16-12-21)42-8-2/h9-16,19-20,25-28,37H,7-8,17-18H2,1-6H3,(H,34,38)(H,35,39)/t19-,20?,25-,26+,27-,28?,32-,33?/m0/s1. The summed E-state index contributed by atoms with van der Waals surface area (Å²) in [6.07, 6.45) is 1.12. The molecular weight excluding hydrogens is 550 g/mol. The predicted octanol–water partition coefficient (Wildman–Crippen LogP) is 4.09. The number of hydrogen-bond donors (Lipinski definition) is 3. The highest BCUT2D eigenvalue weighted by atomic mass is 16.5. The number of benzene rings is 2. The van der Waals surface area contributed by atoms with Gasteiger partial charge in [0, 0.05) is 11.4 Å². The van der Waals surface area contributed by atoms with Crippen LogP contribution in [0.25, 0.3) is 0 Å². The number of carbonyl (C=O) groups excluding carboxylic acids is 3. The van der Waals surface area contributed by atoms with Gasteiger partial charge in [-0.25, -0.2) is 0 Å². The number of nitrogens with one attached hydrogen (secondary N) is 2. The fraction of sp³-hybridized carbons (Fsp3) is 0.545. The van der Waals surface area contributed by atoms with E-state index in [1.165, 1.54) is 4.90 Å². The van der Waals surface area contributed by atoms with Gasteiger partial charge in [0.05, 0.1) is 43.8 Å². The maximum atomic E-state index is 14.5. The van der Waals surface area contributed by atoms with Crippen LogP contribution < -0.4 is 20.1 Å². The van der Waals surface area contributed by atoms with E-state index >= 15 is 0 Å². The first-order valence-corrected chi connectivity index (χ1v) is 15.2. The normalized spacial score (nSPS) is 30.5. The molecule has 2 aromatic carbocycles. The Kier molecular flexibility index (Phi) is 8.46. The van der Waals surface area contributed by atoms with Crippen LogP contribution in [0, 0.1) is 23.7 Å². The van der Waals surface area contributed by atoms with E-state index in [0.717, 1.165) is 0 Å². The maximum absolute atomic E-state index is 14.5. The Morgan fingerprint density at radius 2 is 1.63 bits per heavy atom. The van der Waals surface area contributed by atoms with Gasteiger partial charge in [0.15, 0.2) is 0 Å². The smallest absolute Gasteiger partial charge is 0.250 e. The van der Waals surface area contributed by atoms with Crippen LogP contribution in [0.3, 0.4) is 0 Å². The highest BCUT2D eigenvalue weighted by Crippen LogP contribution is 2.65. The molecule has 0 aliphatic carbocycles. The van der Waals surface area contributed by atoms with E-state index in [0.29, 0.717) is 42.3 Å². The van der Waals surface area contributed by atoms with Crippen LogP contribution in [0.2, 0.25) is 0 Å². The van der Waals surface area contributed by atoms with Crippen LogP contribution in [0.1, 0.15) is 47.5 Å². The molecule has 43 heavy (non-hydrogen) atoms. The van der Waals surface area contributed by atoms with Crippen LogP contribution in [0.5, 0.6) is 11.5 Å². The van der Waals surface area contributed by atoms with Crippen molar-refractivity contribution in [1.82, 2.24) is 4.90 Å². The molecular formula is C33H43N3O7. The second-order valence-electron chi connectivity index (χ2n) is 12.2. The quantitative estimate of drug-likeness (QED) is 0.358. The molecule has 2 aromatic rings. The van der Waals surface area contributed by atoms with Crippen LogP contribution in [0.4, 0.5) is 11.4 Å². The van der Waals surface area contributed by atoms with Gasteiger partial charge in [-0.05, 0) is 80.6 Å². The van der Waals surface area contributed by atoms with E-state index < -0.39 is 41.0 Å². The number of nitrogens with zero attached hydrogens (tertiary/aromatic N) is 1. The van der Waals surface area contributed by atoms with E-state index in [9.17, 15) is 19.5 Å². The molecule has 3 fully saturated rings. The van der Waals surface area contributed by atoms with Gasteiger partial charge in [-0.15, -0.1) is 0 Å². The predicted molar refractivity (Wildman–Crippen MR) is 162 cm³/mol. The molecule has 3 heterocycles. The van der Waals surface area contributed by atoms with E-state index in [-0.39, 0.29) is 30.3 Å². The Labute approximate surface area is 253 Å². The summed E-state index contributed by atoms with van der Waals surface area (Å²) in [6.45, 7) is 9.94. The zero-order chi connectivity index (χ0) is 31.1. The lowest BCUT2D eigenvalue weighted by Crippen LogP contribution is -2.57. The molecule has 5 rings (SSSR count). The van der Waals surface area contributed by atoms with Crippen LogP contribution in [0.15, 0.2) is 48.5 Å². The van der Waals surface area contributed by atoms with Crippen molar-refractivity contribution in [1.29, 1.82) is 0 Å². The topological polar surface area (TPSA) is 126 Å². The first-order valence-electron chi connectivity index (χ1n) is 15.2. The molecule has 3 aliphatic rings. The molecule has 10 nitrogen and oxygen atoms in total. The van der Waals surface area contributed by atoms with E-state index in [1.54, 1.807) is 55.6 Å². The van der Waals surface area contributed by atoms with Gasteiger partial charge < -0.3 is 34.9 Å². The minimum absolute atomic E-state index is 0.0956. The molecule has 0 aromatic heterocycles. The van der Waals surface area contributed by atoms with Crippen molar-refractivity contribution < 1.29 is 33.7 Å². The number of amides is 3. The molecule has 3 saturated heterocycles. The Morgan fingerprint density at radius 3 is 2.16 bits per heavy atom. The van der Waals surface area contributed by atoms with Gasteiger partial charge >= 0.3 is 0 Å². The van der Waals surface area contributed by atoms with E-state index in [4.69, 9.17) is 14.2 Å². The SMILES string of the molecule is CCOc1ccc(NC(=O)[C@H]2[C@H]3C(=O)N([C@@H](CO)[C@@H](C)CC)C(C(=O)Nc4ccc(OC)cc4)C34CC(C)[C@]2(C)O4)cc1. The summed E-state index contributed by atoms with van der Waals surface area (Å²) in [7, 11) is 1.57.